The van der Waals surface area contributed by atoms with E-state index in [1.54, 1.807) is 29.7 Å². The lowest BCUT2D eigenvalue weighted by molar-refractivity contribution is 0.0753. The van der Waals surface area contributed by atoms with Crippen LogP contribution in [0.3, 0.4) is 0 Å². The van der Waals surface area contributed by atoms with E-state index in [1.807, 2.05) is 13.8 Å². The van der Waals surface area contributed by atoms with E-state index in [9.17, 15) is 4.79 Å². The summed E-state index contributed by atoms with van der Waals surface area (Å²) in [6, 6.07) is 0. The van der Waals surface area contributed by atoms with Crippen molar-refractivity contribution >= 4 is 11.7 Å². The summed E-state index contributed by atoms with van der Waals surface area (Å²) in [4.78, 5) is 14.0. The maximum absolute atomic E-state index is 12.4. The third kappa shape index (κ3) is 3.24. The maximum atomic E-state index is 12.4. The number of hydrogen-bond acceptors (Lipinski definition) is 4. The van der Waals surface area contributed by atoms with Crippen molar-refractivity contribution < 1.29 is 10.0 Å². The van der Waals surface area contributed by atoms with Gasteiger partial charge in [0.1, 0.15) is 5.84 Å². The number of hydrogen-bond donors (Lipinski definition) is 2. The predicted octanol–water partition coefficient (Wildman–Crippen LogP) is 0.573. The molecule has 3 N–H and O–H groups in total. The van der Waals surface area contributed by atoms with E-state index < -0.39 is 0 Å². The fourth-order valence-corrected chi connectivity index (χ4v) is 1.76. The fourth-order valence-electron chi connectivity index (χ4n) is 1.76. The van der Waals surface area contributed by atoms with Crippen LogP contribution in [0, 0.1) is 12.8 Å². The molecule has 1 rings (SSSR count). The molecule has 1 heterocycles. The van der Waals surface area contributed by atoms with Gasteiger partial charge < -0.3 is 15.8 Å². The quantitative estimate of drug-likeness (QED) is 0.353. The van der Waals surface area contributed by atoms with Crippen LogP contribution >= 0.6 is 0 Å². The second kappa shape index (κ2) is 6.21. The lowest BCUT2D eigenvalue weighted by atomic mass is 10.1. The minimum atomic E-state index is -0.203. The summed E-state index contributed by atoms with van der Waals surface area (Å²) >= 11 is 0. The Morgan fingerprint density at radius 2 is 2.32 bits per heavy atom. The molecule has 0 aliphatic heterocycles. The van der Waals surface area contributed by atoms with Gasteiger partial charge in [-0.2, -0.15) is 5.10 Å². The topological polar surface area (TPSA) is 96.7 Å². The number of aromatic nitrogens is 2. The molecule has 7 heteroatoms. The first-order valence-electron chi connectivity index (χ1n) is 6.17. The molecular weight excluding hydrogens is 246 g/mol. The van der Waals surface area contributed by atoms with Crippen LogP contribution < -0.4 is 5.73 Å². The largest absolute Gasteiger partial charge is 0.409 e. The Balaban J connectivity index is 2.86. The summed E-state index contributed by atoms with van der Waals surface area (Å²) in [6.07, 6.45) is 1.56. The normalized spacial score (nSPS) is 13.4. The van der Waals surface area contributed by atoms with E-state index in [2.05, 4.69) is 10.3 Å². The van der Waals surface area contributed by atoms with Crippen LogP contribution in [0.15, 0.2) is 11.4 Å². The molecule has 0 aliphatic carbocycles. The molecule has 1 amide bonds. The van der Waals surface area contributed by atoms with Crippen LogP contribution in [-0.2, 0) is 7.05 Å². The average Bonchev–Trinajstić information content (AvgIpc) is 2.74. The molecule has 7 nitrogen and oxygen atoms in total. The van der Waals surface area contributed by atoms with Gasteiger partial charge in [0.2, 0.25) is 0 Å². The second-order valence-corrected chi connectivity index (χ2v) is 4.54. The standard InChI is InChI=1S/C12H21N5O2/c1-5-17(7-8(2)11(13)15-19)12(18)10-6-14-16(4)9(10)3/h6,8,19H,5,7H2,1-4H3,(H2,13,15). The van der Waals surface area contributed by atoms with E-state index in [0.29, 0.717) is 18.7 Å². The molecule has 1 unspecified atom stereocenters. The first kappa shape index (κ1) is 15.0. The third-order valence-corrected chi connectivity index (χ3v) is 3.25. The van der Waals surface area contributed by atoms with Crippen LogP contribution in [0.4, 0.5) is 0 Å². The van der Waals surface area contributed by atoms with Crippen molar-refractivity contribution in [3.8, 4) is 0 Å². The van der Waals surface area contributed by atoms with Gasteiger partial charge in [-0.05, 0) is 13.8 Å². The molecular formula is C12H21N5O2. The van der Waals surface area contributed by atoms with Gasteiger partial charge in [-0.3, -0.25) is 9.48 Å². The third-order valence-electron chi connectivity index (χ3n) is 3.25. The minimum Gasteiger partial charge on any atom is -0.409 e. The molecule has 1 aromatic heterocycles. The summed E-state index contributed by atoms with van der Waals surface area (Å²) in [5.74, 6) is -0.175. The highest BCUT2D eigenvalue weighted by Crippen LogP contribution is 2.11. The van der Waals surface area contributed by atoms with Gasteiger partial charge in [-0.1, -0.05) is 12.1 Å². The maximum Gasteiger partial charge on any atom is 0.257 e. The van der Waals surface area contributed by atoms with Crippen molar-refractivity contribution in [3.63, 3.8) is 0 Å². The van der Waals surface area contributed by atoms with Crippen molar-refractivity contribution in [2.45, 2.75) is 20.8 Å². The Kier molecular flexibility index (Phi) is 4.91. The SMILES string of the molecule is CCN(CC(C)/C(N)=N/O)C(=O)c1cnn(C)c1C. The number of oxime groups is 1. The highest BCUT2D eigenvalue weighted by atomic mass is 16.4. The number of aryl methyl sites for hydroxylation is 1. The lowest BCUT2D eigenvalue weighted by Crippen LogP contribution is -2.39. The van der Waals surface area contributed by atoms with Crippen molar-refractivity contribution in [2.75, 3.05) is 13.1 Å². The summed E-state index contributed by atoms with van der Waals surface area (Å²) in [5, 5.41) is 15.7. The van der Waals surface area contributed by atoms with E-state index in [1.165, 1.54) is 0 Å². The Morgan fingerprint density at radius 3 is 2.74 bits per heavy atom. The smallest absolute Gasteiger partial charge is 0.257 e. The van der Waals surface area contributed by atoms with Crippen molar-refractivity contribution in [3.05, 3.63) is 17.5 Å². The Hall–Kier alpha value is -2.05. The number of amidine groups is 1. The molecule has 0 saturated carbocycles. The number of nitrogens with two attached hydrogens (primary N) is 1. The number of carbonyl (C=O) groups is 1. The van der Waals surface area contributed by atoms with E-state index in [0.717, 1.165) is 5.69 Å². The molecule has 0 aromatic carbocycles. The Bertz CT molecular complexity index is 480. The van der Waals surface area contributed by atoms with Gasteiger partial charge in [0.05, 0.1) is 11.8 Å². The van der Waals surface area contributed by atoms with Crippen molar-refractivity contribution in [2.24, 2.45) is 23.9 Å². The van der Waals surface area contributed by atoms with Gasteiger partial charge in [-0.15, -0.1) is 0 Å². The molecule has 1 aromatic rings. The summed E-state index contributed by atoms with van der Waals surface area (Å²) in [6.45, 7) is 6.50. The van der Waals surface area contributed by atoms with Gasteiger partial charge >= 0.3 is 0 Å². The molecule has 0 spiro atoms. The minimum absolute atomic E-state index is 0.0920. The van der Waals surface area contributed by atoms with Gasteiger partial charge in [0, 0.05) is 31.7 Å². The Labute approximate surface area is 112 Å². The zero-order valence-electron chi connectivity index (χ0n) is 11.8. The first-order chi connectivity index (χ1) is 8.92. The van der Waals surface area contributed by atoms with Crippen molar-refractivity contribution in [1.29, 1.82) is 0 Å². The number of rotatable bonds is 5. The average molecular weight is 267 g/mol. The number of nitrogens with zero attached hydrogens (tertiary/aromatic N) is 4. The molecule has 0 saturated heterocycles. The predicted molar refractivity (Wildman–Crippen MR) is 72.1 cm³/mol. The van der Waals surface area contributed by atoms with Gasteiger partial charge in [0.25, 0.3) is 5.91 Å². The summed E-state index contributed by atoms with van der Waals surface area (Å²) < 4.78 is 1.66. The number of amides is 1. The summed E-state index contributed by atoms with van der Waals surface area (Å²) in [5.41, 5.74) is 6.94. The van der Waals surface area contributed by atoms with Gasteiger partial charge in [-0.25, -0.2) is 0 Å². The van der Waals surface area contributed by atoms with Crippen LogP contribution in [-0.4, -0.2) is 44.7 Å². The second-order valence-electron chi connectivity index (χ2n) is 4.54. The van der Waals surface area contributed by atoms with Crippen LogP contribution in [0.25, 0.3) is 0 Å². The molecule has 0 bridgehead atoms. The van der Waals surface area contributed by atoms with Crippen LogP contribution in [0.5, 0.6) is 0 Å². The fraction of sp³-hybridized carbons (Fsp3) is 0.583. The highest BCUT2D eigenvalue weighted by molar-refractivity contribution is 5.95. The van der Waals surface area contributed by atoms with Crippen molar-refractivity contribution in [1.82, 2.24) is 14.7 Å². The summed E-state index contributed by atoms with van der Waals surface area (Å²) in [7, 11) is 1.79. The van der Waals surface area contributed by atoms with E-state index in [-0.39, 0.29) is 17.7 Å². The highest BCUT2D eigenvalue weighted by Gasteiger charge is 2.21. The van der Waals surface area contributed by atoms with Gasteiger partial charge in [0.15, 0.2) is 0 Å². The zero-order valence-corrected chi connectivity index (χ0v) is 11.8. The first-order valence-corrected chi connectivity index (χ1v) is 6.17. The molecule has 0 radical (unpaired) electrons. The zero-order chi connectivity index (χ0) is 14.6. The monoisotopic (exact) mass is 267 g/mol. The molecule has 19 heavy (non-hydrogen) atoms. The molecule has 106 valence electrons. The molecule has 0 fully saturated rings. The van der Waals surface area contributed by atoms with Crippen LogP contribution in [0.1, 0.15) is 29.9 Å². The van der Waals surface area contributed by atoms with E-state index >= 15 is 0 Å². The molecule has 0 aliphatic rings. The molecule has 1 atom stereocenters. The van der Waals surface area contributed by atoms with E-state index in [4.69, 9.17) is 10.9 Å². The lowest BCUT2D eigenvalue weighted by Gasteiger charge is -2.23. The van der Waals surface area contributed by atoms with Crippen LogP contribution in [0.2, 0.25) is 0 Å². The Morgan fingerprint density at radius 1 is 1.68 bits per heavy atom. The number of carbonyl (C=O) groups excluding carboxylic acids is 1.